The number of nitrogens with zero attached hydrogens (tertiary/aromatic N) is 2. The van der Waals surface area contributed by atoms with Crippen molar-refractivity contribution in [2.45, 2.75) is 78.7 Å². The van der Waals surface area contributed by atoms with E-state index in [2.05, 4.69) is 10.3 Å². The maximum absolute atomic E-state index is 13.6. The Morgan fingerprint density at radius 3 is 1.65 bits per heavy atom. The minimum Gasteiger partial charge on any atom is -0.337 e. The third kappa shape index (κ3) is 9.73. The fourth-order valence-corrected chi connectivity index (χ4v) is 9.31. The van der Waals surface area contributed by atoms with E-state index < -0.39 is 160 Å². The van der Waals surface area contributed by atoms with E-state index in [4.69, 9.17) is 39.4 Å². The van der Waals surface area contributed by atoms with Crippen LogP contribution in [0.1, 0.15) is 123 Å². The van der Waals surface area contributed by atoms with Crippen molar-refractivity contribution in [1.29, 1.82) is 0 Å². The number of amides is 2. The Balaban J connectivity index is 0.000000306. The first-order chi connectivity index (χ1) is 37.1. The van der Waals surface area contributed by atoms with Crippen molar-refractivity contribution in [1.82, 2.24) is 10.3 Å². The van der Waals surface area contributed by atoms with Gasteiger partial charge in [-0.25, -0.2) is 26.3 Å². The van der Waals surface area contributed by atoms with Crippen LogP contribution in [0.2, 0.25) is 5.65 Å². The highest BCUT2D eigenvalue weighted by atomic mass is 32.2. The molecule has 0 spiro atoms. The largest absolute Gasteiger partial charge is 0.337 e. The number of benzene rings is 2. The SMILES string of the molecule is [2H]c1c(C([2H])([2H])[2H])cc(C(=O)C([2H])([2H])[2H])c(N([2H])C(=O)c2sccc2S(=O)(=O)N([2H])c2onc(C)c2C([2H])([2H])[2H])c1C([2H])([2H])[2H].[2H]c1c(C)c([2H])c(C(=O)C([2H])([2H])[2H])c(N([2H])C(=O)c2sccc2S(=O)(=O)N([2H])c2onc(C)c2C)c1C. The second-order valence-electron chi connectivity index (χ2n) is 12.0. The lowest BCUT2D eigenvalue weighted by Crippen LogP contribution is -2.20. The van der Waals surface area contributed by atoms with Crippen LogP contribution in [0.5, 0.6) is 0 Å². The number of carbonyl (C=O) groups is 4. The summed E-state index contributed by atoms with van der Waals surface area (Å²) >= 11 is 0.979. The summed E-state index contributed by atoms with van der Waals surface area (Å²) in [5.41, 5.74) is -6.89. The summed E-state index contributed by atoms with van der Waals surface area (Å²) in [6, 6.07) is 0.0104. The zero-order chi connectivity index (χ0) is 63.0. The van der Waals surface area contributed by atoms with Crippen molar-refractivity contribution in [3.05, 3.63) is 113 Å². The van der Waals surface area contributed by atoms with Crippen molar-refractivity contribution >= 4 is 89.2 Å². The van der Waals surface area contributed by atoms with E-state index in [1.54, 1.807) is 6.92 Å². The van der Waals surface area contributed by atoms with Gasteiger partial charge in [0.15, 0.2) is 17.2 Å². The van der Waals surface area contributed by atoms with Gasteiger partial charge in [0.05, 0.1) is 26.9 Å². The van der Waals surface area contributed by atoms with Crippen LogP contribution in [-0.2, 0) is 20.0 Å². The van der Waals surface area contributed by atoms with E-state index in [0.717, 1.165) is 17.5 Å². The second kappa shape index (κ2) is 17.7. The number of hydrogen-bond donors (Lipinski definition) is 4. The number of aryl methyl sites for hydroxylation is 3. The topological polar surface area (TPSA) is 237 Å². The molecule has 2 aromatic carbocycles. The first-order valence-corrected chi connectivity index (χ1v) is 20.9. The Morgan fingerprint density at radius 2 is 1.17 bits per heavy atom. The van der Waals surface area contributed by atoms with Crippen LogP contribution in [0.15, 0.2) is 65.9 Å². The Hall–Kier alpha value is -5.96. The monoisotopic (exact) mass is 916 g/mol. The molecule has 60 heavy (non-hydrogen) atoms. The highest BCUT2D eigenvalue weighted by Crippen LogP contribution is 2.31. The van der Waals surface area contributed by atoms with Crippen molar-refractivity contribution in [2.75, 3.05) is 20.0 Å². The van der Waals surface area contributed by atoms with Gasteiger partial charge in [-0.3, -0.25) is 19.2 Å². The molecule has 0 aliphatic carbocycles. The van der Waals surface area contributed by atoms with Crippen LogP contribution in [-0.4, -0.2) is 50.5 Å². The molecule has 0 fully saturated rings. The molecule has 4 heterocycles. The van der Waals surface area contributed by atoms with Crippen LogP contribution in [0.4, 0.5) is 23.1 Å². The first kappa shape index (κ1) is 23.7. The normalized spacial score (nSPS) is 17.8. The summed E-state index contributed by atoms with van der Waals surface area (Å²) < 4.78 is 235. The predicted molar refractivity (Wildman–Crippen MR) is 230 cm³/mol. The lowest BCUT2D eigenvalue weighted by atomic mass is 10.0. The standard InChI is InChI=1S/2C20H21N3O5S2/c2*1-10-8-11(2)17(15(9-10)14(5)24)21-19(25)18-16(6-7-29-18)30(26,27)23-20-12(3)13(4)22-28-20/h2*6-9,23H,1-5H3,(H,21,25)/i1D3,2D3,3D3,5D3,8D;5D3,8D,9D/hD4. The van der Waals surface area contributed by atoms with Gasteiger partial charge in [0.2, 0.25) is 11.8 Å². The minimum atomic E-state index is -5.22. The Morgan fingerprint density at radius 1 is 0.667 bits per heavy atom. The zero-order valence-electron chi connectivity index (χ0n) is 53.3. The fraction of sp³-hybridized carbons (Fsp3) is 0.250. The summed E-state index contributed by atoms with van der Waals surface area (Å²) in [7, 11) is -9.93. The lowest BCUT2D eigenvalue weighted by Gasteiger charge is -2.14. The number of Topliss-reactive ketones (excluding diaryl/α,β-unsaturated/α-hetero) is 2. The highest BCUT2D eigenvalue weighted by Gasteiger charge is 2.29. The predicted octanol–water partition coefficient (Wildman–Crippen LogP) is 8.45. The molecule has 16 nitrogen and oxygen atoms in total. The molecule has 0 radical (unpaired) electrons. The maximum atomic E-state index is 13.6. The maximum Gasteiger partial charge on any atom is 0.267 e. The number of hydrogen-bond acceptors (Lipinski definition) is 14. The van der Waals surface area contributed by atoms with E-state index in [9.17, 15) is 36.0 Å². The molecule has 0 aliphatic rings. The molecule has 6 rings (SSSR count). The van der Waals surface area contributed by atoms with Crippen molar-refractivity contribution in [3.8, 4) is 0 Å². The molecule has 4 N–H and O–H groups in total. The number of sulfonamides is 2. The molecule has 0 unspecified atom stereocenters. The molecule has 0 atom stereocenters. The first-order valence-electron chi connectivity index (χ1n) is 27.1. The van der Waals surface area contributed by atoms with Gasteiger partial charge in [0, 0.05) is 42.8 Å². The zero-order valence-corrected chi connectivity index (χ0v) is 34.6. The van der Waals surface area contributed by atoms with Gasteiger partial charge in [0.1, 0.15) is 19.5 Å². The van der Waals surface area contributed by atoms with Crippen molar-refractivity contribution in [2.24, 2.45) is 0 Å². The molecule has 316 valence electrons. The smallest absolute Gasteiger partial charge is 0.267 e. The van der Waals surface area contributed by atoms with E-state index >= 15 is 0 Å². The number of aromatic nitrogens is 2. The van der Waals surface area contributed by atoms with E-state index in [0.29, 0.717) is 34.4 Å². The van der Waals surface area contributed by atoms with Gasteiger partial charge in [0.25, 0.3) is 31.9 Å². The Kier molecular flexibility index (Phi) is 7.01. The quantitative estimate of drug-likeness (QED) is 0.0846. The van der Waals surface area contributed by atoms with Gasteiger partial charge >= 0.3 is 0 Å². The summed E-state index contributed by atoms with van der Waals surface area (Å²) in [5.74, 6) is -7.81. The molecular weight excluding hydrogens is 853 g/mol. The number of nitrogens with one attached hydrogen (secondary N) is 4. The Labute approximate surface area is 386 Å². The number of anilines is 4. The van der Waals surface area contributed by atoms with Crippen molar-refractivity contribution < 1.29 is 75.4 Å². The molecule has 0 saturated heterocycles. The third-order valence-electron chi connectivity index (χ3n) is 7.80. The van der Waals surface area contributed by atoms with Crippen molar-refractivity contribution in [3.63, 3.8) is 0 Å². The highest BCUT2D eigenvalue weighted by molar-refractivity contribution is 7.93. The summed E-state index contributed by atoms with van der Waals surface area (Å²) in [4.78, 5) is 49.6. The molecule has 4 aromatic heterocycles. The van der Waals surface area contributed by atoms with Gasteiger partial charge in [-0.2, -0.15) is 0 Å². The fourth-order valence-electron chi connectivity index (χ4n) is 4.82. The number of thiophene rings is 2. The van der Waals surface area contributed by atoms with E-state index in [-0.39, 0.29) is 48.5 Å². The average Bonchev–Trinajstić information content (AvgIpc) is 4.24. The number of carbonyl (C=O) groups excluding carboxylic acids is 4. The van der Waals surface area contributed by atoms with Gasteiger partial charge in [-0.15, -0.1) is 22.7 Å². The third-order valence-corrected chi connectivity index (χ3v) is 12.5. The van der Waals surface area contributed by atoms with Gasteiger partial charge in [-0.1, -0.05) is 22.4 Å². The molecule has 0 bridgehead atoms. The van der Waals surface area contributed by atoms with Crippen LogP contribution >= 0.6 is 22.7 Å². The molecule has 2 amide bonds. The van der Waals surface area contributed by atoms with Gasteiger partial charge < -0.3 is 19.7 Å². The van der Waals surface area contributed by atoms with Crippen LogP contribution in [0.3, 0.4) is 0 Å². The molecule has 20 heteroatoms. The molecule has 0 saturated carbocycles. The lowest BCUT2D eigenvalue weighted by molar-refractivity contribution is 0.100. The summed E-state index contributed by atoms with van der Waals surface area (Å²) in [6.45, 7) is -9.73. The number of rotatable bonds is 12. The molecule has 6 aromatic rings. The van der Waals surface area contributed by atoms with Crippen LogP contribution in [0, 0.1) is 55.2 Å². The minimum absolute atomic E-state index is 0.0309. The molecular formula is C40H42N6O10S4. The van der Waals surface area contributed by atoms with E-state index in [1.807, 2.05) is 0 Å². The van der Waals surface area contributed by atoms with Crippen LogP contribution < -0.4 is 20.0 Å². The second-order valence-corrected chi connectivity index (χ2v) is 17.0. The number of ketones is 2. The van der Waals surface area contributed by atoms with Gasteiger partial charge in [-0.05, 0) is 126 Å². The summed E-state index contributed by atoms with van der Waals surface area (Å²) in [6.07, 6.45) is 0. The summed E-state index contributed by atoms with van der Waals surface area (Å²) in [5, 5.41) is 9.00. The molecule has 0 aliphatic heterocycles. The van der Waals surface area contributed by atoms with Crippen LogP contribution in [0.25, 0.3) is 0 Å². The average molecular weight is 917 g/mol. The Bertz CT molecular complexity index is 3790. The van der Waals surface area contributed by atoms with E-state index in [1.165, 1.54) is 33.1 Å².